The second kappa shape index (κ2) is 7.24. The molecule has 0 radical (unpaired) electrons. The molecular formula is C15H25N5O. The van der Waals surface area contributed by atoms with Crippen LogP contribution in [0.1, 0.15) is 51.5 Å². The van der Waals surface area contributed by atoms with Crippen molar-refractivity contribution in [2.75, 3.05) is 23.7 Å². The summed E-state index contributed by atoms with van der Waals surface area (Å²) in [5, 5.41) is 9.43. The summed E-state index contributed by atoms with van der Waals surface area (Å²) < 4.78 is 0. The predicted molar refractivity (Wildman–Crippen MR) is 84.6 cm³/mol. The standard InChI is InChI=1S/C15H25N5O/c1-4-7-16-14-13(10(2)3)15(19-9-18-14)17-8-12(21)20-11-5-6-11/h9-11H,4-8H2,1-3H3,(H,20,21)(H2,16,17,18,19). The fraction of sp³-hybridized carbons (Fsp3) is 0.667. The van der Waals surface area contributed by atoms with Gasteiger partial charge in [-0.3, -0.25) is 4.79 Å². The molecule has 1 saturated carbocycles. The molecule has 0 aromatic carbocycles. The number of rotatable bonds is 8. The van der Waals surface area contributed by atoms with Crippen molar-refractivity contribution in [3.8, 4) is 0 Å². The summed E-state index contributed by atoms with van der Waals surface area (Å²) in [7, 11) is 0. The van der Waals surface area contributed by atoms with Gasteiger partial charge in [0.2, 0.25) is 5.91 Å². The molecular weight excluding hydrogens is 266 g/mol. The molecule has 6 heteroatoms. The summed E-state index contributed by atoms with van der Waals surface area (Å²) in [5.74, 6) is 1.89. The van der Waals surface area contributed by atoms with Crippen LogP contribution in [-0.4, -0.2) is 35.0 Å². The molecule has 3 N–H and O–H groups in total. The minimum Gasteiger partial charge on any atom is -0.370 e. The van der Waals surface area contributed by atoms with Crippen LogP contribution >= 0.6 is 0 Å². The lowest BCUT2D eigenvalue weighted by Crippen LogP contribution is -2.31. The summed E-state index contributed by atoms with van der Waals surface area (Å²) in [4.78, 5) is 20.4. The average Bonchev–Trinajstić information content (AvgIpc) is 3.26. The molecule has 116 valence electrons. The number of carbonyl (C=O) groups is 1. The Morgan fingerprint density at radius 2 is 1.95 bits per heavy atom. The summed E-state index contributed by atoms with van der Waals surface area (Å²) in [6, 6.07) is 0.385. The molecule has 0 spiro atoms. The van der Waals surface area contributed by atoms with Gasteiger partial charge in [-0.1, -0.05) is 20.8 Å². The first kappa shape index (κ1) is 15.5. The summed E-state index contributed by atoms with van der Waals surface area (Å²) in [5.41, 5.74) is 1.03. The lowest BCUT2D eigenvalue weighted by Gasteiger charge is -2.17. The van der Waals surface area contributed by atoms with Crippen molar-refractivity contribution in [1.82, 2.24) is 15.3 Å². The van der Waals surface area contributed by atoms with E-state index in [4.69, 9.17) is 0 Å². The Labute approximate surface area is 126 Å². The van der Waals surface area contributed by atoms with Crippen LogP contribution in [0, 0.1) is 0 Å². The zero-order chi connectivity index (χ0) is 15.2. The lowest BCUT2D eigenvalue weighted by molar-refractivity contribution is -0.119. The molecule has 21 heavy (non-hydrogen) atoms. The Balaban J connectivity index is 2.03. The SMILES string of the molecule is CCCNc1ncnc(NCC(=O)NC2CC2)c1C(C)C. The van der Waals surface area contributed by atoms with Gasteiger partial charge in [0, 0.05) is 18.2 Å². The van der Waals surface area contributed by atoms with Crippen molar-refractivity contribution < 1.29 is 4.79 Å². The van der Waals surface area contributed by atoms with Crippen LogP contribution in [0.2, 0.25) is 0 Å². The van der Waals surface area contributed by atoms with Gasteiger partial charge in [0.15, 0.2) is 0 Å². The fourth-order valence-electron chi connectivity index (χ4n) is 2.14. The Kier molecular flexibility index (Phi) is 5.36. The molecule has 2 rings (SSSR count). The zero-order valence-corrected chi connectivity index (χ0v) is 13.1. The summed E-state index contributed by atoms with van der Waals surface area (Å²) in [6.45, 7) is 7.44. The first-order chi connectivity index (χ1) is 10.1. The van der Waals surface area contributed by atoms with Gasteiger partial charge >= 0.3 is 0 Å². The number of nitrogens with one attached hydrogen (secondary N) is 3. The van der Waals surface area contributed by atoms with E-state index in [0.29, 0.717) is 6.04 Å². The Bertz CT molecular complexity index is 485. The summed E-state index contributed by atoms with van der Waals surface area (Å²) in [6.07, 6.45) is 4.77. The zero-order valence-electron chi connectivity index (χ0n) is 13.1. The molecule has 1 heterocycles. The molecule has 1 aromatic rings. The van der Waals surface area contributed by atoms with E-state index >= 15 is 0 Å². The molecule has 1 aromatic heterocycles. The third-order valence-corrected chi connectivity index (χ3v) is 3.36. The fourth-order valence-corrected chi connectivity index (χ4v) is 2.14. The third-order valence-electron chi connectivity index (χ3n) is 3.36. The monoisotopic (exact) mass is 291 g/mol. The number of amides is 1. The van der Waals surface area contributed by atoms with Gasteiger partial charge in [-0.2, -0.15) is 0 Å². The number of carbonyl (C=O) groups excluding carboxylic acids is 1. The smallest absolute Gasteiger partial charge is 0.239 e. The molecule has 0 bridgehead atoms. The molecule has 6 nitrogen and oxygen atoms in total. The van der Waals surface area contributed by atoms with Gasteiger partial charge in [0.1, 0.15) is 18.0 Å². The molecule has 0 unspecified atom stereocenters. The average molecular weight is 291 g/mol. The van der Waals surface area contributed by atoms with Crippen molar-refractivity contribution >= 4 is 17.5 Å². The van der Waals surface area contributed by atoms with Crippen molar-refractivity contribution in [3.05, 3.63) is 11.9 Å². The van der Waals surface area contributed by atoms with E-state index in [1.807, 2.05) is 0 Å². The Hall–Kier alpha value is -1.85. The van der Waals surface area contributed by atoms with E-state index in [9.17, 15) is 4.79 Å². The van der Waals surface area contributed by atoms with Gasteiger partial charge in [-0.15, -0.1) is 0 Å². The predicted octanol–water partition coefficient (Wildman–Crippen LogP) is 2.11. The van der Waals surface area contributed by atoms with Crippen molar-refractivity contribution in [2.45, 2.75) is 52.0 Å². The van der Waals surface area contributed by atoms with Gasteiger partial charge in [-0.05, 0) is 25.2 Å². The summed E-state index contributed by atoms with van der Waals surface area (Å²) >= 11 is 0. The number of anilines is 2. The quantitative estimate of drug-likeness (QED) is 0.683. The molecule has 1 aliphatic rings. The van der Waals surface area contributed by atoms with Gasteiger partial charge in [0.05, 0.1) is 6.54 Å². The van der Waals surface area contributed by atoms with E-state index in [1.54, 1.807) is 0 Å². The maximum Gasteiger partial charge on any atom is 0.239 e. The highest BCUT2D eigenvalue weighted by atomic mass is 16.2. The van der Waals surface area contributed by atoms with E-state index < -0.39 is 0 Å². The Morgan fingerprint density at radius 1 is 1.29 bits per heavy atom. The number of nitrogens with zero attached hydrogens (tertiary/aromatic N) is 2. The molecule has 1 amide bonds. The third kappa shape index (κ3) is 4.58. The van der Waals surface area contributed by atoms with Gasteiger partial charge < -0.3 is 16.0 Å². The largest absolute Gasteiger partial charge is 0.370 e. The van der Waals surface area contributed by atoms with E-state index in [-0.39, 0.29) is 18.4 Å². The second-order valence-corrected chi connectivity index (χ2v) is 5.76. The van der Waals surface area contributed by atoms with Gasteiger partial charge in [-0.25, -0.2) is 9.97 Å². The minimum absolute atomic E-state index is 0.0221. The van der Waals surface area contributed by atoms with Crippen molar-refractivity contribution in [1.29, 1.82) is 0 Å². The lowest BCUT2D eigenvalue weighted by atomic mass is 10.0. The molecule has 1 fully saturated rings. The van der Waals surface area contributed by atoms with Crippen LogP contribution in [0.4, 0.5) is 11.6 Å². The molecule has 0 atom stereocenters. The first-order valence-corrected chi connectivity index (χ1v) is 7.73. The van der Waals surface area contributed by atoms with Crippen molar-refractivity contribution in [3.63, 3.8) is 0 Å². The van der Waals surface area contributed by atoms with Crippen LogP contribution in [0.5, 0.6) is 0 Å². The molecule has 1 aliphatic carbocycles. The number of aromatic nitrogens is 2. The van der Waals surface area contributed by atoms with Crippen molar-refractivity contribution in [2.24, 2.45) is 0 Å². The highest BCUT2D eigenvalue weighted by molar-refractivity contribution is 5.81. The highest BCUT2D eigenvalue weighted by Crippen LogP contribution is 2.28. The molecule has 0 saturated heterocycles. The van der Waals surface area contributed by atoms with Crippen LogP contribution in [-0.2, 0) is 4.79 Å². The van der Waals surface area contributed by atoms with Crippen LogP contribution in [0.15, 0.2) is 6.33 Å². The second-order valence-electron chi connectivity index (χ2n) is 5.76. The minimum atomic E-state index is 0.0221. The molecule has 0 aliphatic heterocycles. The van der Waals surface area contributed by atoms with Gasteiger partial charge in [0.25, 0.3) is 0 Å². The number of hydrogen-bond donors (Lipinski definition) is 3. The van der Waals surface area contributed by atoms with Crippen LogP contribution < -0.4 is 16.0 Å². The normalized spacial score (nSPS) is 14.1. The van der Waals surface area contributed by atoms with E-state index in [2.05, 4.69) is 46.7 Å². The maximum absolute atomic E-state index is 11.8. The number of hydrogen-bond acceptors (Lipinski definition) is 5. The van der Waals surface area contributed by atoms with Crippen LogP contribution in [0.3, 0.4) is 0 Å². The maximum atomic E-state index is 11.8. The first-order valence-electron chi connectivity index (χ1n) is 7.73. The van der Waals surface area contributed by atoms with E-state index in [0.717, 1.165) is 43.0 Å². The highest BCUT2D eigenvalue weighted by Gasteiger charge is 2.23. The topological polar surface area (TPSA) is 78.9 Å². The van der Waals surface area contributed by atoms with E-state index in [1.165, 1.54) is 6.33 Å². The Morgan fingerprint density at radius 3 is 2.52 bits per heavy atom. The van der Waals surface area contributed by atoms with Crippen LogP contribution in [0.25, 0.3) is 0 Å².